The molecule has 0 aliphatic rings. The van der Waals surface area contributed by atoms with E-state index in [0.717, 1.165) is 116 Å². The van der Waals surface area contributed by atoms with E-state index < -0.39 is 6.10 Å². The first-order valence-corrected chi connectivity index (χ1v) is 29.3. The molecule has 73 heavy (non-hydrogen) atoms. The maximum atomic E-state index is 12.9. The van der Waals surface area contributed by atoms with Gasteiger partial charge in [0.05, 0.1) is 0 Å². The van der Waals surface area contributed by atoms with Gasteiger partial charge in [0.1, 0.15) is 13.2 Å². The molecule has 0 aliphatic carbocycles. The van der Waals surface area contributed by atoms with Crippen LogP contribution in [0, 0.1) is 0 Å². The Balaban J connectivity index is 4.50. The van der Waals surface area contributed by atoms with Crippen molar-refractivity contribution in [2.24, 2.45) is 0 Å². The van der Waals surface area contributed by atoms with Crippen LogP contribution in [0.4, 0.5) is 0 Å². The lowest BCUT2D eigenvalue weighted by Crippen LogP contribution is -2.30. The molecule has 0 saturated carbocycles. The van der Waals surface area contributed by atoms with E-state index in [9.17, 15) is 14.4 Å². The van der Waals surface area contributed by atoms with Gasteiger partial charge in [0.2, 0.25) is 0 Å². The molecule has 0 aromatic heterocycles. The highest BCUT2D eigenvalue weighted by molar-refractivity contribution is 5.71. The molecule has 0 aromatic rings. The van der Waals surface area contributed by atoms with Crippen LogP contribution in [0.25, 0.3) is 0 Å². The quantitative estimate of drug-likeness (QED) is 0.0261. The second kappa shape index (κ2) is 59.8. The Morgan fingerprint density at radius 3 is 0.945 bits per heavy atom. The standard InChI is InChI=1S/C67H106O6/c1-4-7-10-13-16-19-22-25-27-29-30-31-32-33-34-35-36-38-39-42-45-48-51-54-57-60-66(69)72-63-64(62-71-65(68)59-56-53-50-47-44-41-24-21-18-15-12-9-6-3)73-67(70)61-58-55-52-49-46-43-40-37-28-26-23-20-17-14-11-8-5-2/h7,9-10,12,16,18-19,21,25-28,30-31,33-34,36,38,41-42,44-45,50,53,64H,4-6,8,11,13-15,17,20,22-24,29,32,35,37,39-40,43,46-49,51-52,54-63H2,1-3H3/b10-7-,12-9-,19-16-,21-18-,27-25-,28-26-,31-30-,34-33-,38-36-,44-41-,45-42-,53-50-. The van der Waals surface area contributed by atoms with E-state index in [1.165, 1.54) is 77.0 Å². The minimum absolute atomic E-state index is 0.125. The van der Waals surface area contributed by atoms with Gasteiger partial charge in [-0.15, -0.1) is 0 Å². The molecular formula is C67H106O6. The van der Waals surface area contributed by atoms with E-state index >= 15 is 0 Å². The monoisotopic (exact) mass is 1010 g/mol. The largest absolute Gasteiger partial charge is 0.462 e. The molecule has 0 heterocycles. The second-order valence-corrected chi connectivity index (χ2v) is 18.8. The molecule has 0 aromatic carbocycles. The third-order valence-electron chi connectivity index (χ3n) is 11.8. The summed E-state index contributed by atoms with van der Waals surface area (Å²) in [4.78, 5) is 38.1. The van der Waals surface area contributed by atoms with Crippen molar-refractivity contribution in [3.8, 4) is 0 Å². The molecule has 0 amide bonds. The van der Waals surface area contributed by atoms with E-state index in [4.69, 9.17) is 14.2 Å². The highest BCUT2D eigenvalue weighted by Gasteiger charge is 2.19. The molecule has 1 unspecified atom stereocenters. The number of esters is 3. The lowest BCUT2D eigenvalue weighted by Gasteiger charge is -2.18. The fraction of sp³-hybridized carbons (Fsp3) is 0.597. The summed E-state index contributed by atoms with van der Waals surface area (Å²) >= 11 is 0. The fourth-order valence-corrected chi connectivity index (χ4v) is 7.49. The normalized spacial score (nSPS) is 13.2. The van der Waals surface area contributed by atoms with Crippen LogP contribution in [-0.2, 0) is 28.6 Å². The zero-order valence-electron chi connectivity index (χ0n) is 46.8. The summed E-state index contributed by atoms with van der Waals surface area (Å²) in [6, 6.07) is 0. The molecule has 0 rings (SSSR count). The van der Waals surface area contributed by atoms with Crippen molar-refractivity contribution < 1.29 is 28.6 Å². The summed E-state index contributed by atoms with van der Waals surface area (Å²) in [5.41, 5.74) is 0. The van der Waals surface area contributed by atoms with Gasteiger partial charge in [-0.3, -0.25) is 14.4 Å². The van der Waals surface area contributed by atoms with Crippen LogP contribution in [0.15, 0.2) is 146 Å². The van der Waals surface area contributed by atoms with Gasteiger partial charge in [0.25, 0.3) is 0 Å². The third kappa shape index (κ3) is 58.1. The van der Waals surface area contributed by atoms with Gasteiger partial charge < -0.3 is 14.2 Å². The number of carbonyl (C=O) groups is 3. The van der Waals surface area contributed by atoms with E-state index in [0.29, 0.717) is 19.3 Å². The number of hydrogen-bond acceptors (Lipinski definition) is 6. The molecule has 1 atom stereocenters. The molecular weight excluding hydrogens is 901 g/mol. The molecule has 410 valence electrons. The lowest BCUT2D eigenvalue weighted by molar-refractivity contribution is -0.166. The van der Waals surface area contributed by atoms with E-state index in [-0.39, 0.29) is 37.5 Å². The van der Waals surface area contributed by atoms with Gasteiger partial charge >= 0.3 is 17.9 Å². The summed E-state index contributed by atoms with van der Waals surface area (Å²) in [5.74, 6) is -1.05. The van der Waals surface area contributed by atoms with Gasteiger partial charge in [0.15, 0.2) is 6.10 Å². The molecule has 0 radical (unpaired) electrons. The number of hydrogen-bond donors (Lipinski definition) is 0. The average molecular weight is 1010 g/mol. The van der Waals surface area contributed by atoms with Crippen LogP contribution in [0.5, 0.6) is 0 Å². The van der Waals surface area contributed by atoms with Crippen molar-refractivity contribution in [3.05, 3.63) is 146 Å². The molecule has 0 saturated heterocycles. The van der Waals surface area contributed by atoms with Crippen molar-refractivity contribution >= 4 is 17.9 Å². The molecule has 6 nitrogen and oxygen atoms in total. The minimum Gasteiger partial charge on any atom is -0.462 e. The Bertz CT molecular complexity index is 1630. The van der Waals surface area contributed by atoms with Gasteiger partial charge in [-0.05, 0) is 128 Å². The Morgan fingerprint density at radius 1 is 0.288 bits per heavy atom. The highest BCUT2D eigenvalue weighted by atomic mass is 16.6. The van der Waals surface area contributed by atoms with Crippen molar-refractivity contribution in [2.45, 2.75) is 245 Å². The predicted molar refractivity (Wildman–Crippen MR) is 315 cm³/mol. The van der Waals surface area contributed by atoms with Crippen molar-refractivity contribution in [1.29, 1.82) is 0 Å². The summed E-state index contributed by atoms with van der Waals surface area (Å²) in [6.45, 7) is 6.30. The maximum absolute atomic E-state index is 12.9. The number of carbonyl (C=O) groups excluding carboxylic acids is 3. The van der Waals surface area contributed by atoms with Gasteiger partial charge in [-0.2, -0.15) is 0 Å². The zero-order chi connectivity index (χ0) is 52.9. The smallest absolute Gasteiger partial charge is 0.306 e. The Kier molecular flexibility index (Phi) is 56.0. The van der Waals surface area contributed by atoms with Crippen LogP contribution in [0.2, 0.25) is 0 Å². The van der Waals surface area contributed by atoms with E-state index in [2.05, 4.69) is 154 Å². The first-order valence-electron chi connectivity index (χ1n) is 29.3. The SMILES string of the molecule is CC/C=C\C/C=C\C/C=C\C/C=C\C/C=C\C/C=C\C/C=C\CCCCCC(=O)OCC(COC(=O)CC/C=C\C/C=C\C/C=C\C/C=C\CC)OC(=O)CCCCCCCCC/C=C\CCCCCCCC. The molecule has 0 fully saturated rings. The Morgan fingerprint density at radius 2 is 0.562 bits per heavy atom. The summed E-state index contributed by atoms with van der Waals surface area (Å²) in [7, 11) is 0. The summed E-state index contributed by atoms with van der Waals surface area (Å²) in [6.07, 6.45) is 85.7. The van der Waals surface area contributed by atoms with Crippen LogP contribution >= 0.6 is 0 Å². The molecule has 0 bridgehead atoms. The minimum atomic E-state index is -0.830. The van der Waals surface area contributed by atoms with Crippen molar-refractivity contribution in [3.63, 3.8) is 0 Å². The van der Waals surface area contributed by atoms with Gasteiger partial charge in [-0.1, -0.05) is 237 Å². The average Bonchev–Trinajstić information content (AvgIpc) is 3.39. The van der Waals surface area contributed by atoms with Crippen LogP contribution in [-0.4, -0.2) is 37.2 Å². The number of unbranched alkanes of at least 4 members (excludes halogenated alkanes) is 16. The van der Waals surface area contributed by atoms with Crippen molar-refractivity contribution in [2.75, 3.05) is 13.2 Å². The third-order valence-corrected chi connectivity index (χ3v) is 11.8. The van der Waals surface area contributed by atoms with E-state index in [1.54, 1.807) is 0 Å². The second-order valence-electron chi connectivity index (χ2n) is 18.8. The topological polar surface area (TPSA) is 78.9 Å². The van der Waals surface area contributed by atoms with E-state index in [1.807, 2.05) is 12.2 Å². The summed E-state index contributed by atoms with van der Waals surface area (Å²) in [5, 5.41) is 0. The summed E-state index contributed by atoms with van der Waals surface area (Å²) < 4.78 is 16.8. The molecule has 0 spiro atoms. The Labute approximate surface area is 448 Å². The Hall–Kier alpha value is -4.71. The highest BCUT2D eigenvalue weighted by Crippen LogP contribution is 2.13. The number of allylic oxidation sites excluding steroid dienone is 24. The van der Waals surface area contributed by atoms with Crippen molar-refractivity contribution in [1.82, 2.24) is 0 Å². The predicted octanol–water partition coefficient (Wildman–Crippen LogP) is 20.0. The molecule has 0 N–H and O–H groups in total. The zero-order valence-corrected chi connectivity index (χ0v) is 46.8. The lowest BCUT2D eigenvalue weighted by atomic mass is 10.1. The number of rotatable bonds is 51. The number of ether oxygens (including phenoxy) is 3. The molecule has 0 aliphatic heterocycles. The molecule has 6 heteroatoms. The fourth-order valence-electron chi connectivity index (χ4n) is 7.49. The van der Waals surface area contributed by atoms with Crippen LogP contribution < -0.4 is 0 Å². The van der Waals surface area contributed by atoms with Gasteiger partial charge in [0, 0.05) is 19.3 Å². The first-order chi connectivity index (χ1) is 36.0. The van der Waals surface area contributed by atoms with Crippen LogP contribution in [0.1, 0.15) is 239 Å². The van der Waals surface area contributed by atoms with Gasteiger partial charge in [-0.25, -0.2) is 0 Å². The maximum Gasteiger partial charge on any atom is 0.306 e. The first kappa shape index (κ1) is 68.3. The van der Waals surface area contributed by atoms with Crippen LogP contribution in [0.3, 0.4) is 0 Å².